The Morgan fingerprint density at radius 1 is 1.14 bits per heavy atom. The number of nitrogens with two attached hydrogens (primary N) is 1. The molecule has 0 amide bonds. The second-order valence-corrected chi connectivity index (χ2v) is 5.32. The van der Waals surface area contributed by atoms with Crippen molar-refractivity contribution in [3.8, 4) is 5.69 Å². The molecule has 1 aromatic heterocycles. The Morgan fingerprint density at radius 3 is 2.29 bits per heavy atom. The van der Waals surface area contributed by atoms with Gasteiger partial charge in [0.25, 0.3) is 5.56 Å². The Morgan fingerprint density at radius 2 is 1.71 bits per heavy atom. The minimum atomic E-state index is -1.31. The fraction of sp³-hybridized carbons (Fsp3) is 0.357. The van der Waals surface area contributed by atoms with Crippen LogP contribution in [0.4, 0.5) is 18.9 Å². The topological polar surface area (TPSA) is 53.0 Å². The zero-order valence-electron chi connectivity index (χ0n) is 12.0. The third-order valence-electron chi connectivity index (χ3n) is 3.24. The Hall–Kier alpha value is -2.18. The van der Waals surface area contributed by atoms with Crippen molar-refractivity contribution in [1.29, 1.82) is 0 Å². The van der Waals surface area contributed by atoms with E-state index in [1.165, 1.54) is 11.7 Å². The molecule has 0 unspecified atom stereocenters. The summed E-state index contributed by atoms with van der Waals surface area (Å²) >= 11 is 0. The van der Waals surface area contributed by atoms with E-state index < -0.39 is 23.0 Å². The van der Waals surface area contributed by atoms with Gasteiger partial charge in [0.1, 0.15) is 11.4 Å². The van der Waals surface area contributed by atoms with Crippen LogP contribution in [-0.4, -0.2) is 9.36 Å². The average molecular weight is 299 g/mol. The van der Waals surface area contributed by atoms with E-state index in [0.717, 1.165) is 4.68 Å². The molecule has 7 heteroatoms. The van der Waals surface area contributed by atoms with Gasteiger partial charge in [0.15, 0.2) is 17.5 Å². The summed E-state index contributed by atoms with van der Waals surface area (Å²) in [6, 6.07) is 1.05. The van der Waals surface area contributed by atoms with E-state index in [1.807, 2.05) is 13.8 Å². The van der Waals surface area contributed by atoms with Crippen LogP contribution in [-0.2, 0) is 13.5 Å². The van der Waals surface area contributed by atoms with Crippen LogP contribution >= 0.6 is 0 Å². The molecule has 21 heavy (non-hydrogen) atoms. The summed E-state index contributed by atoms with van der Waals surface area (Å²) in [6.45, 7) is 3.89. The molecule has 2 rings (SSSR count). The van der Waals surface area contributed by atoms with Crippen LogP contribution in [0.25, 0.3) is 5.69 Å². The smallest absolute Gasteiger partial charge is 0.294 e. The van der Waals surface area contributed by atoms with Crippen molar-refractivity contribution in [3.63, 3.8) is 0 Å². The number of hydrogen-bond acceptors (Lipinski definition) is 2. The average Bonchev–Trinajstić information content (AvgIpc) is 2.58. The summed E-state index contributed by atoms with van der Waals surface area (Å²) in [6.07, 6.45) is 0.510. The molecule has 0 aliphatic rings. The van der Waals surface area contributed by atoms with E-state index in [1.54, 1.807) is 0 Å². The monoisotopic (exact) mass is 299 g/mol. The van der Waals surface area contributed by atoms with Gasteiger partial charge in [-0.3, -0.25) is 9.48 Å². The van der Waals surface area contributed by atoms with Crippen LogP contribution in [0.2, 0.25) is 0 Å². The number of aromatic nitrogens is 2. The Kier molecular flexibility index (Phi) is 3.85. The SMILES string of the molecule is CC(C)Cc1c(N)c(=O)n(-c2cc(F)c(F)cc2F)n1C. The molecule has 1 aromatic carbocycles. The van der Waals surface area contributed by atoms with Gasteiger partial charge in [0.05, 0.1) is 5.69 Å². The van der Waals surface area contributed by atoms with Gasteiger partial charge >= 0.3 is 0 Å². The first kappa shape index (κ1) is 15.2. The van der Waals surface area contributed by atoms with E-state index in [9.17, 15) is 18.0 Å². The van der Waals surface area contributed by atoms with Crippen molar-refractivity contribution in [2.75, 3.05) is 5.73 Å². The summed E-state index contributed by atoms with van der Waals surface area (Å²) in [4.78, 5) is 12.2. The Balaban J connectivity index is 2.71. The molecule has 2 N–H and O–H groups in total. The standard InChI is InChI=1S/C14H16F3N3O/c1-7(2)4-12-13(18)14(21)20(19(12)3)11-6-9(16)8(15)5-10(11)17/h5-7H,4,18H2,1-3H3. The predicted octanol–water partition coefficient (Wildman–Crippen LogP) is 2.37. The van der Waals surface area contributed by atoms with Crippen molar-refractivity contribution < 1.29 is 13.2 Å². The molecule has 0 bridgehead atoms. The lowest BCUT2D eigenvalue weighted by atomic mass is 10.1. The van der Waals surface area contributed by atoms with Crippen molar-refractivity contribution in [3.05, 3.63) is 45.6 Å². The van der Waals surface area contributed by atoms with Gasteiger partial charge < -0.3 is 5.73 Å². The van der Waals surface area contributed by atoms with Crippen LogP contribution in [0.15, 0.2) is 16.9 Å². The van der Waals surface area contributed by atoms with E-state index in [-0.39, 0.29) is 17.3 Å². The molecular weight excluding hydrogens is 283 g/mol. The second-order valence-electron chi connectivity index (χ2n) is 5.32. The Bertz CT molecular complexity index is 747. The summed E-state index contributed by atoms with van der Waals surface area (Å²) in [5, 5.41) is 0. The molecule has 114 valence electrons. The molecule has 1 heterocycles. The van der Waals surface area contributed by atoms with E-state index >= 15 is 0 Å². The van der Waals surface area contributed by atoms with Crippen LogP contribution in [0.3, 0.4) is 0 Å². The minimum absolute atomic E-state index is 0.0182. The van der Waals surface area contributed by atoms with Crippen LogP contribution in [0, 0.1) is 23.4 Å². The van der Waals surface area contributed by atoms with Crippen molar-refractivity contribution in [1.82, 2.24) is 9.36 Å². The molecule has 0 aliphatic heterocycles. The fourth-order valence-electron chi connectivity index (χ4n) is 2.24. The zero-order chi connectivity index (χ0) is 15.9. The number of hydrogen-bond donors (Lipinski definition) is 1. The lowest BCUT2D eigenvalue weighted by molar-refractivity contribution is 0.484. The second kappa shape index (κ2) is 5.31. The largest absolute Gasteiger partial charge is 0.393 e. The van der Waals surface area contributed by atoms with Crippen LogP contribution in [0.5, 0.6) is 0 Å². The molecule has 4 nitrogen and oxygen atoms in total. The highest BCUT2D eigenvalue weighted by molar-refractivity contribution is 5.46. The van der Waals surface area contributed by atoms with Gasteiger partial charge in [0.2, 0.25) is 0 Å². The molecular formula is C14H16F3N3O. The highest BCUT2D eigenvalue weighted by Gasteiger charge is 2.21. The predicted molar refractivity (Wildman–Crippen MR) is 73.8 cm³/mol. The normalized spacial score (nSPS) is 11.4. The van der Waals surface area contributed by atoms with Gasteiger partial charge in [-0.2, -0.15) is 0 Å². The molecule has 0 fully saturated rings. The number of halogens is 3. The maximum absolute atomic E-state index is 13.9. The third kappa shape index (κ3) is 2.55. The van der Waals surface area contributed by atoms with Crippen molar-refractivity contribution in [2.45, 2.75) is 20.3 Å². The van der Waals surface area contributed by atoms with Gasteiger partial charge in [-0.1, -0.05) is 13.8 Å². The molecule has 0 saturated heterocycles. The molecule has 2 aromatic rings. The number of benzene rings is 1. The van der Waals surface area contributed by atoms with Crippen molar-refractivity contribution >= 4 is 5.69 Å². The van der Waals surface area contributed by atoms with E-state index in [4.69, 9.17) is 5.73 Å². The first-order valence-corrected chi connectivity index (χ1v) is 6.45. The number of rotatable bonds is 3. The van der Waals surface area contributed by atoms with Crippen molar-refractivity contribution in [2.24, 2.45) is 13.0 Å². The van der Waals surface area contributed by atoms with Crippen LogP contribution < -0.4 is 11.3 Å². The molecule has 0 radical (unpaired) electrons. The quantitative estimate of drug-likeness (QED) is 0.885. The summed E-state index contributed by atoms with van der Waals surface area (Å²) in [7, 11) is 1.52. The number of anilines is 1. The lowest BCUT2D eigenvalue weighted by Crippen LogP contribution is -2.22. The zero-order valence-corrected chi connectivity index (χ0v) is 12.0. The fourth-order valence-corrected chi connectivity index (χ4v) is 2.24. The molecule has 0 atom stereocenters. The van der Waals surface area contributed by atoms with Gasteiger partial charge in [-0.25, -0.2) is 17.9 Å². The molecule has 0 aliphatic carbocycles. The lowest BCUT2D eigenvalue weighted by Gasteiger charge is -2.12. The highest BCUT2D eigenvalue weighted by Crippen LogP contribution is 2.20. The molecule has 0 spiro atoms. The summed E-state index contributed by atoms with van der Waals surface area (Å²) in [5.74, 6) is -3.35. The van der Waals surface area contributed by atoms with Crippen LogP contribution in [0.1, 0.15) is 19.5 Å². The maximum Gasteiger partial charge on any atom is 0.294 e. The van der Waals surface area contributed by atoms with Gasteiger partial charge in [0, 0.05) is 19.2 Å². The highest BCUT2D eigenvalue weighted by atomic mass is 19.2. The first-order chi connectivity index (χ1) is 9.73. The third-order valence-corrected chi connectivity index (χ3v) is 3.24. The maximum atomic E-state index is 13.9. The van der Waals surface area contributed by atoms with Gasteiger partial charge in [-0.15, -0.1) is 0 Å². The number of nitrogen functional groups attached to an aromatic ring is 1. The van der Waals surface area contributed by atoms with E-state index in [0.29, 0.717) is 24.2 Å². The van der Waals surface area contributed by atoms with E-state index in [2.05, 4.69) is 0 Å². The first-order valence-electron chi connectivity index (χ1n) is 6.45. The summed E-state index contributed by atoms with van der Waals surface area (Å²) < 4.78 is 42.5. The van der Waals surface area contributed by atoms with Gasteiger partial charge in [-0.05, 0) is 12.3 Å². The molecule has 0 saturated carbocycles. The number of nitrogens with zero attached hydrogens (tertiary/aromatic N) is 2. The minimum Gasteiger partial charge on any atom is -0.393 e. The summed E-state index contributed by atoms with van der Waals surface area (Å²) in [5.41, 5.74) is 5.25. The Labute approximate surface area is 119 Å².